The van der Waals surface area contributed by atoms with Gasteiger partial charge in [-0.2, -0.15) is 0 Å². The maximum Gasteiger partial charge on any atom is 0.170 e. The molecule has 4 nitrogen and oxygen atoms in total. The first-order chi connectivity index (χ1) is 8.29. The molecule has 0 fully saturated rings. The lowest BCUT2D eigenvalue weighted by Crippen LogP contribution is -3.00. The summed E-state index contributed by atoms with van der Waals surface area (Å²) in [5.41, 5.74) is 8.02. The summed E-state index contributed by atoms with van der Waals surface area (Å²) < 4.78 is 7.21. The van der Waals surface area contributed by atoms with Crippen molar-refractivity contribution in [1.29, 1.82) is 0 Å². The Morgan fingerprint density at radius 2 is 2.06 bits per heavy atom. The Hall–Kier alpha value is -1.14. The number of hydrogen-bond acceptors (Lipinski definition) is 4. The molecule has 1 aromatic heterocycles. The number of thioether (sulfide) groups is 1. The highest BCUT2D eigenvalue weighted by molar-refractivity contribution is 7.99. The van der Waals surface area contributed by atoms with Crippen molar-refractivity contribution in [2.75, 3.05) is 18.6 Å². The van der Waals surface area contributed by atoms with Crippen LogP contribution in [-0.2, 0) is 6.54 Å². The number of rotatable bonds is 2. The molecule has 1 aromatic carbocycles. The first-order valence-electron chi connectivity index (χ1n) is 5.43. The van der Waals surface area contributed by atoms with E-state index in [1.807, 2.05) is 24.3 Å². The second kappa shape index (κ2) is 5.24. The van der Waals surface area contributed by atoms with E-state index < -0.39 is 0 Å². The highest BCUT2D eigenvalue weighted by Crippen LogP contribution is 2.34. The van der Waals surface area contributed by atoms with E-state index >= 15 is 0 Å². The summed E-state index contributed by atoms with van der Waals surface area (Å²) in [6.07, 6.45) is 0. The van der Waals surface area contributed by atoms with Crippen molar-refractivity contribution in [3.8, 4) is 17.0 Å². The van der Waals surface area contributed by atoms with E-state index in [1.165, 1.54) is 0 Å². The van der Waals surface area contributed by atoms with Gasteiger partial charge < -0.3 is 32.0 Å². The summed E-state index contributed by atoms with van der Waals surface area (Å²) >= 11 is 1.75. The SMILES string of the molecule is COc1ccc(-c2nc3n(c2N)CCS3)cc1.[Br-]. The standard InChI is InChI=1S/C12H13N3OS.BrH/c1-16-9-4-2-8(3-5-9)10-11(13)15-6-7-17-12(15)14-10;/h2-5H,6-7,13H2,1H3;1H/p-1. The lowest BCUT2D eigenvalue weighted by atomic mass is 10.1. The van der Waals surface area contributed by atoms with Crippen molar-refractivity contribution in [2.45, 2.75) is 11.7 Å². The Morgan fingerprint density at radius 1 is 1.33 bits per heavy atom. The first-order valence-corrected chi connectivity index (χ1v) is 6.41. The average molecular weight is 327 g/mol. The molecule has 2 heterocycles. The lowest BCUT2D eigenvalue weighted by molar-refractivity contribution is -0.00000376. The zero-order valence-corrected chi connectivity index (χ0v) is 12.3. The first kappa shape index (κ1) is 13.3. The number of benzene rings is 1. The molecule has 0 amide bonds. The fourth-order valence-electron chi connectivity index (χ4n) is 1.96. The number of nitrogens with zero attached hydrogens (tertiary/aromatic N) is 2. The smallest absolute Gasteiger partial charge is 0.170 e. The van der Waals surface area contributed by atoms with E-state index in [2.05, 4.69) is 9.55 Å². The number of aromatic nitrogens is 2. The quantitative estimate of drug-likeness (QED) is 0.789. The van der Waals surface area contributed by atoms with E-state index in [9.17, 15) is 0 Å². The number of nitrogens with two attached hydrogens (primary N) is 1. The summed E-state index contributed by atoms with van der Waals surface area (Å²) in [6, 6.07) is 7.81. The van der Waals surface area contributed by atoms with Gasteiger partial charge in [0.15, 0.2) is 5.16 Å². The second-order valence-corrected chi connectivity index (χ2v) is 4.92. The highest BCUT2D eigenvalue weighted by atomic mass is 79.9. The zero-order chi connectivity index (χ0) is 11.8. The van der Waals surface area contributed by atoms with Crippen LogP contribution >= 0.6 is 11.8 Å². The molecule has 18 heavy (non-hydrogen) atoms. The number of halogens is 1. The molecule has 0 unspecified atom stereocenters. The van der Waals surface area contributed by atoms with Crippen molar-refractivity contribution in [1.82, 2.24) is 9.55 Å². The Bertz CT molecular complexity index is 553. The van der Waals surface area contributed by atoms with Gasteiger partial charge in [-0.05, 0) is 24.3 Å². The molecular formula is C12H13BrN3OS-. The fraction of sp³-hybridized carbons (Fsp3) is 0.250. The van der Waals surface area contributed by atoms with Crippen molar-refractivity contribution in [3.63, 3.8) is 0 Å². The number of anilines is 1. The van der Waals surface area contributed by atoms with Gasteiger partial charge in [0.1, 0.15) is 17.3 Å². The third kappa shape index (κ3) is 2.10. The van der Waals surface area contributed by atoms with Crippen LogP contribution < -0.4 is 27.5 Å². The third-order valence-electron chi connectivity index (χ3n) is 2.88. The summed E-state index contributed by atoms with van der Waals surface area (Å²) in [5.74, 6) is 2.67. The van der Waals surface area contributed by atoms with Crippen LogP contribution in [0.5, 0.6) is 5.75 Å². The molecule has 0 spiro atoms. The predicted octanol–water partition coefficient (Wildman–Crippen LogP) is -0.749. The largest absolute Gasteiger partial charge is 1.00 e. The summed E-state index contributed by atoms with van der Waals surface area (Å²) in [5, 5.41) is 1.02. The van der Waals surface area contributed by atoms with E-state index in [0.29, 0.717) is 0 Å². The van der Waals surface area contributed by atoms with Gasteiger partial charge in [-0.15, -0.1) is 0 Å². The van der Waals surface area contributed by atoms with Gasteiger partial charge in [-0.25, -0.2) is 4.98 Å². The van der Waals surface area contributed by atoms with Gasteiger partial charge in [0, 0.05) is 17.9 Å². The topological polar surface area (TPSA) is 53.1 Å². The highest BCUT2D eigenvalue weighted by Gasteiger charge is 2.20. The number of imidazole rings is 1. The van der Waals surface area contributed by atoms with Crippen LogP contribution in [0.3, 0.4) is 0 Å². The number of ether oxygens (including phenoxy) is 1. The Labute approximate surface area is 120 Å². The molecule has 6 heteroatoms. The summed E-state index contributed by atoms with van der Waals surface area (Å²) in [7, 11) is 1.66. The van der Waals surface area contributed by atoms with E-state index in [4.69, 9.17) is 10.5 Å². The minimum atomic E-state index is 0. The molecule has 0 saturated carbocycles. The summed E-state index contributed by atoms with van der Waals surface area (Å²) in [6.45, 7) is 0.953. The number of fused-ring (bicyclic) bond motifs is 1. The van der Waals surface area contributed by atoms with Crippen molar-refractivity contribution in [2.24, 2.45) is 0 Å². The third-order valence-corrected chi connectivity index (χ3v) is 3.84. The Kier molecular flexibility index (Phi) is 3.87. The molecule has 3 rings (SSSR count). The fourth-order valence-corrected chi connectivity index (χ4v) is 2.92. The number of methoxy groups -OCH3 is 1. The zero-order valence-electron chi connectivity index (χ0n) is 9.89. The lowest BCUT2D eigenvalue weighted by Gasteiger charge is -2.03. The maximum atomic E-state index is 6.11. The molecule has 0 radical (unpaired) electrons. The van der Waals surface area contributed by atoms with Crippen LogP contribution in [0.4, 0.5) is 5.82 Å². The molecular weight excluding hydrogens is 314 g/mol. The molecule has 0 aliphatic carbocycles. The van der Waals surface area contributed by atoms with Crippen LogP contribution in [0, 0.1) is 0 Å². The summed E-state index contributed by atoms with van der Waals surface area (Å²) in [4.78, 5) is 4.58. The van der Waals surface area contributed by atoms with Gasteiger partial charge >= 0.3 is 0 Å². The molecule has 0 atom stereocenters. The van der Waals surface area contributed by atoms with Gasteiger partial charge in [0.2, 0.25) is 0 Å². The molecule has 1 aliphatic rings. The minimum absolute atomic E-state index is 0. The normalized spacial score (nSPS) is 12.9. The molecule has 2 N–H and O–H groups in total. The van der Waals surface area contributed by atoms with Crippen LogP contribution in [0.1, 0.15) is 0 Å². The average Bonchev–Trinajstić information content (AvgIpc) is 2.93. The van der Waals surface area contributed by atoms with Crippen LogP contribution in [-0.4, -0.2) is 22.4 Å². The Morgan fingerprint density at radius 3 is 2.67 bits per heavy atom. The van der Waals surface area contributed by atoms with Gasteiger partial charge in [0.05, 0.1) is 7.11 Å². The monoisotopic (exact) mass is 326 g/mol. The molecule has 1 aliphatic heterocycles. The molecule has 0 saturated heterocycles. The van der Waals surface area contributed by atoms with E-state index in [1.54, 1.807) is 18.9 Å². The molecule has 96 valence electrons. The second-order valence-electron chi connectivity index (χ2n) is 3.86. The van der Waals surface area contributed by atoms with Crippen molar-refractivity contribution in [3.05, 3.63) is 24.3 Å². The van der Waals surface area contributed by atoms with E-state index in [0.717, 1.165) is 40.3 Å². The van der Waals surface area contributed by atoms with Gasteiger partial charge in [0.25, 0.3) is 0 Å². The number of nitrogen functional groups attached to an aromatic ring is 1. The van der Waals surface area contributed by atoms with Gasteiger partial charge in [-0.3, -0.25) is 0 Å². The number of hydrogen-bond donors (Lipinski definition) is 1. The van der Waals surface area contributed by atoms with E-state index in [-0.39, 0.29) is 17.0 Å². The van der Waals surface area contributed by atoms with Crippen molar-refractivity contribution < 1.29 is 21.7 Å². The Balaban J connectivity index is 0.00000120. The maximum absolute atomic E-state index is 6.11. The van der Waals surface area contributed by atoms with Crippen LogP contribution in [0.25, 0.3) is 11.3 Å². The van der Waals surface area contributed by atoms with Crippen LogP contribution in [0.15, 0.2) is 29.4 Å². The van der Waals surface area contributed by atoms with Crippen molar-refractivity contribution >= 4 is 17.6 Å². The molecule has 2 aromatic rings. The van der Waals surface area contributed by atoms with Gasteiger partial charge in [-0.1, -0.05) is 11.8 Å². The minimum Gasteiger partial charge on any atom is -1.00 e. The predicted molar refractivity (Wildman–Crippen MR) is 69.4 cm³/mol. The molecule has 0 bridgehead atoms. The van der Waals surface area contributed by atoms with Crippen LogP contribution in [0.2, 0.25) is 0 Å².